The van der Waals surface area contributed by atoms with Crippen LogP contribution in [0.25, 0.3) is 5.69 Å². The lowest BCUT2D eigenvalue weighted by Crippen LogP contribution is -2.22. The fourth-order valence-corrected chi connectivity index (χ4v) is 3.50. The zero-order chi connectivity index (χ0) is 28.2. The quantitative estimate of drug-likeness (QED) is 0.309. The number of benzene rings is 2. The number of nitrogens with zero attached hydrogens (tertiary/aromatic N) is 4. The molecule has 2 aromatic heterocycles. The van der Waals surface area contributed by atoms with Gasteiger partial charge in [0.15, 0.2) is 0 Å². The van der Waals surface area contributed by atoms with Crippen molar-refractivity contribution in [2.45, 2.75) is 26.2 Å². The first kappa shape index (κ1) is 26.8. The molecule has 2 heterocycles. The van der Waals surface area contributed by atoms with Gasteiger partial charge in [0.2, 0.25) is 0 Å². The lowest BCUT2D eigenvalue weighted by Gasteiger charge is -2.14. The molecule has 0 saturated heterocycles. The smallest absolute Gasteiger partial charge is 0.324 e. The van der Waals surface area contributed by atoms with Gasteiger partial charge in [-0.3, -0.25) is 15.1 Å². The molecule has 0 radical (unpaired) electrons. The number of halogens is 1. The number of hydrogen-bond donors (Lipinski definition) is 3. The summed E-state index contributed by atoms with van der Waals surface area (Å²) in [7, 11) is 1.49. The van der Waals surface area contributed by atoms with Gasteiger partial charge < -0.3 is 15.4 Å². The second-order valence-electron chi connectivity index (χ2n) is 9.51. The standard InChI is InChI=1S/C28H26FN7O3/c1-28(2,3)24-15-25(36(35-24)18-7-5-17(16-30)6-8-18)34-27(38)33-22-10-9-19(13-21(22)29)39-20-11-12-32-23(14-20)26(37)31-4/h5-15H,1-4H3,(H,31,37)(H2,33,34,38). The maximum absolute atomic E-state index is 14.8. The van der Waals surface area contributed by atoms with Crippen molar-refractivity contribution in [2.75, 3.05) is 17.7 Å². The molecule has 0 saturated carbocycles. The second-order valence-corrected chi connectivity index (χ2v) is 9.51. The Balaban J connectivity index is 1.51. The van der Waals surface area contributed by atoms with Gasteiger partial charge in [0.05, 0.1) is 28.7 Å². The number of carbonyl (C=O) groups is 2. The molecule has 0 spiro atoms. The molecule has 11 heteroatoms. The number of amides is 3. The van der Waals surface area contributed by atoms with Gasteiger partial charge >= 0.3 is 6.03 Å². The first-order chi connectivity index (χ1) is 18.6. The fourth-order valence-electron chi connectivity index (χ4n) is 3.50. The maximum Gasteiger partial charge on any atom is 0.324 e. The van der Waals surface area contributed by atoms with Gasteiger partial charge in [-0.25, -0.2) is 13.9 Å². The van der Waals surface area contributed by atoms with Gasteiger partial charge in [-0.2, -0.15) is 10.4 Å². The van der Waals surface area contributed by atoms with Crippen LogP contribution in [0.5, 0.6) is 11.5 Å². The highest BCUT2D eigenvalue weighted by atomic mass is 19.1. The number of nitriles is 1. The van der Waals surface area contributed by atoms with Crippen LogP contribution in [0, 0.1) is 17.1 Å². The molecule has 3 N–H and O–H groups in total. The van der Waals surface area contributed by atoms with Crippen molar-refractivity contribution in [1.82, 2.24) is 20.1 Å². The Morgan fingerprint density at radius 1 is 1.00 bits per heavy atom. The summed E-state index contributed by atoms with van der Waals surface area (Å²) in [6, 6.07) is 16.8. The normalized spacial score (nSPS) is 10.9. The van der Waals surface area contributed by atoms with E-state index in [1.165, 1.54) is 37.5 Å². The molecule has 4 rings (SSSR count). The van der Waals surface area contributed by atoms with E-state index in [4.69, 9.17) is 10.00 Å². The minimum Gasteiger partial charge on any atom is -0.457 e. The van der Waals surface area contributed by atoms with Gasteiger partial charge in [-0.15, -0.1) is 0 Å². The summed E-state index contributed by atoms with van der Waals surface area (Å²) in [5, 5.41) is 21.4. The van der Waals surface area contributed by atoms with E-state index in [0.29, 0.717) is 22.8 Å². The molecule has 3 amide bonds. The van der Waals surface area contributed by atoms with Crippen LogP contribution in [-0.2, 0) is 5.41 Å². The minimum absolute atomic E-state index is 0.0684. The van der Waals surface area contributed by atoms with E-state index in [1.54, 1.807) is 35.0 Å². The van der Waals surface area contributed by atoms with Gasteiger partial charge in [-0.05, 0) is 42.5 Å². The van der Waals surface area contributed by atoms with Crippen LogP contribution in [0.3, 0.4) is 0 Å². The molecule has 0 aliphatic carbocycles. The molecule has 0 aliphatic heterocycles. The number of rotatable bonds is 6. The second kappa shape index (κ2) is 11.0. The van der Waals surface area contributed by atoms with Crippen LogP contribution in [0.4, 0.5) is 20.7 Å². The zero-order valence-corrected chi connectivity index (χ0v) is 21.7. The van der Waals surface area contributed by atoms with Crippen LogP contribution >= 0.6 is 0 Å². The van der Waals surface area contributed by atoms with Crippen molar-refractivity contribution in [3.8, 4) is 23.3 Å². The van der Waals surface area contributed by atoms with Crippen molar-refractivity contribution in [2.24, 2.45) is 0 Å². The van der Waals surface area contributed by atoms with E-state index < -0.39 is 11.8 Å². The fraction of sp³-hybridized carbons (Fsp3) is 0.179. The summed E-state index contributed by atoms with van der Waals surface area (Å²) in [4.78, 5) is 28.6. The topological polar surface area (TPSA) is 134 Å². The van der Waals surface area contributed by atoms with E-state index in [0.717, 1.165) is 11.8 Å². The van der Waals surface area contributed by atoms with E-state index in [2.05, 4.69) is 32.1 Å². The number of aromatic nitrogens is 3. The summed E-state index contributed by atoms with van der Waals surface area (Å²) in [6.45, 7) is 5.98. The Labute approximate surface area is 224 Å². The average molecular weight is 528 g/mol. The third kappa shape index (κ3) is 6.37. The van der Waals surface area contributed by atoms with Crippen LogP contribution in [0.2, 0.25) is 0 Å². The number of hydrogen-bond acceptors (Lipinski definition) is 6. The molecule has 0 fully saturated rings. The Kier molecular flexibility index (Phi) is 7.58. The number of urea groups is 1. The van der Waals surface area contributed by atoms with Gasteiger partial charge in [-0.1, -0.05) is 20.8 Å². The predicted molar refractivity (Wildman–Crippen MR) is 144 cm³/mol. The number of ether oxygens (including phenoxy) is 1. The van der Waals surface area contributed by atoms with Crippen LogP contribution < -0.4 is 20.7 Å². The van der Waals surface area contributed by atoms with Crippen molar-refractivity contribution in [3.05, 3.63) is 89.6 Å². The van der Waals surface area contributed by atoms with E-state index in [1.807, 2.05) is 20.8 Å². The number of nitrogens with one attached hydrogen (secondary N) is 3. The molecule has 198 valence electrons. The molecule has 10 nitrogen and oxygen atoms in total. The van der Waals surface area contributed by atoms with Crippen LogP contribution in [-0.4, -0.2) is 33.8 Å². The van der Waals surface area contributed by atoms with Crippen LogP contribution in [0.1, 0.15) is 42.5 Å². The number of anilines is 2. The van der Waals surface area contributed by atoms with E-state index in [9.17, 15) is 14.0 Å². The van der Waals surface area contributed by atoms with Crippen LogP contribution in [0.15, 0.2) is 66.9 Å². The highest BCUT2D eigenvalue weighted by Crippen LogP contribution is 2.28. The summed E-state index contributed by atoms with van der Waals surface area (Å²) in [5.41, 5.74) is 1.64. The number of carbonyl (C=O) groups excluding carboxylic acids is 2. The molecule has 4 aromatic rings. The van der Waals surface area contributed by atoms with E-state index in [-0.39, 0.29) is 28.5 Å². The molecule has 0 unspecified atom stereocenters. The Bertz CT molecular complexity index is 1570. The maximum atomic E-state index is 14.8. The molecule has 0 bridgehead atoms. The van der Waals surface area contributed by atoms with Crippen molar-refractivity contribution < 1.29 is 18.7 Å². The molecule has 39 heavy (non-hydrogen) atoms. The Hall–Kier alpha value is -5.24. The molecular formula is C28H26FN7O3. The van der Waals surface area contributed by atoms with Gasteiger partial charge in [0.25, 0.3) is 5.91 Å². The first-order valence-electron chi connectivity index (χ1n) is 11.9. The first-order valence-corrected chi connectivity index (χ1v) is 11.9. The summed E-state index contributed by atoms with van der Waals surface area (Å²) >= 11 is 0. The SMILES string of the molecule is CNC(=O)c1cc(Oc2ccc(NC(=O)Nc3cc(C(C)(C)C)nn3-c3ccc(C#N)cc3)c(F)c2)ccn1. The highest BCUT2D eigenvalue weighted by Gasteiger charge is 2.22. The lowest BCUT2D eigenvalue weighted by molar-refractivity contribution is 0.0957. The largest absolute Gasteiger partial charge is 0.457 e. The highest BCUT2D eigenvalue weighted by molar-refractivity contribution is 5.99. The average Bonchev–Trinajstić information content (AvgIpc) is 3.34. The monoisotopic (exact) mass is 527 g/mol. The van der Waals surface area contributed by atoms with Crippen molar-refractivity contribution in [3.63, 3.8) is 0 Å². The summed E-state index contributed by atoms with van der Waals surface area (Å²) in [6.07, 6.45) is 1.41. The molecule has 2 aromatic carbocycles. The summed E-state index contributed by atoms with van der Waals surface area (Å²) < 4.78 is 22.0. The van der Waals surface area contributed by atoms with Crippen molar-refractivity contribution >= 4 is 23.4 Å². The molecule has 0 atom stereocenters. The molecular weight excluding hydrogens is 501 g/mol. The third-order valence-electron chi connectivity index (χ3n) is 5.58. The minimum atomic E-state index is -0.723. The molecule has 0 aliphatic rings. The van der Waals surface area contributed by atoms with Gasteiger partial charge in [0.1, 0.15) is 28.8 Å². The third-order valence-corrected chi connectivity index (χ3v) is 5.58. The van der Waals surface area contributed by atoms with Crippen molar-refractivity contribution in [1.29, 1.82) is 5.26 Å². The zero-order valence-electron chi connectivity index (χ0n) is 21.7. The Morgan fingerprint density at radius 2 is 1.72 bits per heavy atom. The number of pyridine rings is 1. The van der Waals surface area contributed by atoms with E-state index >= 15 is 0 Å². The van der Waals surface area contributed by atoms with Gasteiger partial charge in [0, 0.05) is 36.9 Å². The predicted octanol–water partition coefficient (Wildman–Crippen LogP) is 5.37. The summed E-state index contributed by atoms with van der Waals surface area (Å²) in [5.74, 6) is -0.271. The Morgan fingerprint density at radius 3 is 2.36 bits per heavy atom. The lowest BCUT2D eigenvalue weighted by atomic mass is 9.92.